The van der Waals surface area contributed by atoms with Crippen molar-refractivity contribution in [3.63, 3.8) is 0 Å². The molecule has 0 bridgehead atoms. The van der Waals surface area contributed by atoms with Crippen LogP contribution in [0.25, 0.3) is 0 Å². The molecule has 0 aliphatic rings. The van der Waals surface area contributed by atoms with Crippen molar-refractivity contribution in [3.05, 3.63) is 23.3 Å². The van der Waals surface area contributed by atoms with E-state index in [-0.39, 0.29) is 10.8 Å². The standard InChI is InChI=1S/C14H23N3O3S/c1-6-17(5)14(18)11(4)16-21(19,20)13-9(2)7-12(15)8-10(13)3/h7-8,11,16H,6,15H2,1-5H3. The number of carbonyl (C=O) groups is 1. The maximum absolute atomic E-state index is 12.5. The molecule has 1 aromatic carbocycles. The van der Waals surface area contributed by atoms with E-state index in [1.165, 1.54) is 11.8 Å². The van der Waals surface area contributed by atoms with Gasteiger partial charge in [0.05, 0.1) is 10.9 Å². The summed E-state index contributed by atoms with van der Waals surface area (Å²) in [7, 11) is -2.15. The average molecular weight is 313 g/mol. The molecule has 7 heteroatoms. The van der Waals surface area contributed by atoms with E-state index in [1.807, 2.05) is 6.92 Å². The number of rotatable bonds is 5. The fraction of sp³-hybridized carbons (Fsp3) is 0.500. The van der Waals surface area contributed by atoms with E-state index in [9.17, 15) is 13.2 Å². The molecule has 0 radical (unpaired) electrons. The fourth-order valence-corrected chi connectivity index (χ4v) is 3.89. The number of nitrogens with one attached hydrogen (secondary N) is 1. The van der Waals surface area contributed by atoms with Crippen molar-refractivity contribution in [2.45, 2.75) is 38.6 Å². The normalized spacial score (nSPS) is 13.0. The Labute approximate surface area is 126 Å². The van der Waals surface area contributed by atoms with Crippen molar-refractivity contribution in [1.82, 2.24) is 9.62 Å². The van der Waals surface area contributed by atoms with E-state index in [2.05, 4.69) is 4.72 Å². The van der Waals surface area contributed by atoms with Crippen LogP contribution >= 0.6 is 0 Å². The van der Waals surface area contributed by atoms with Crippen molar-refractivity contribution >= 4 is 21.6 Å². The molecule has 0 saturated heterocycles. The molecule has 21 heavy (non-hydrogen) atoms. The molecule has 1 unspecified atom stereocenters. The van der Waals surface area contributed by atoms with E-state index in [4.69, 9.17) is 5.73 Å². The highest BCUT2D eigenvalue weighted by molar-refractivity contribution is 7.89. The first kappa shape index (κ1) is 17.5. The van der Waals surface area contributed by atoms with Gasteiger partial charge in [-0.3, -0.25) is 4.79 Å². The molecule has 1 amide bonds. The maximum Gasteiger partial charge on any atom is 0.241 e. The van der Waals surface area contributed by atoms with Gasteiger partial charge in [0.1, 0.15) is 0 Å². The number of hydrogen-bond donors (Lipinski definition) is 2. The van der Waals surface area contributed by atoms with Gasteiger partial charge in [0, 0.05) is 19.3 Å². The minimum Gasteiger partial charge on any atom is -0.399 e. The lowest BCUT2D eigenvalue weighted by Crippen LogP contribution is -2.45. The van der Waals surface area contributed by atoms with Gasteiger partial charge in [-0.1, -0.05) is 0 Å². The molecule has 1 rings (SSSR count). The van der Waals surface area contributed by atoms with E-state index < -0.39 is 16.1 Å². The first-order valence-corrected chi connectivity index (χ1v) is 8.22. The monoisotopic (exact) mass is 313 g/mol. The van der Waals surface area contributed by atoms with Crippen molar-refractivity contribution in [2.75, 3.05) is 19.3 Å². The first-order valence-electron chi connectivity index (χ1n) is 6.74. The minimum absolute atomic E-state index is 0.176. The lowest BCUT2D eigenvalue weighted by molar-refractivity contribution is -0.131. The van der Waals surface area contributed by atoms with Crippen LogP contribution in [0.2, 0.25) is 0 Å². The largest absolute Gasteiger partial charge is 0.399 e. The number of nitrogens with two attached hydrogens (primary N) is 1. The molecule has 0 aliphatic carbocycles. The van der Waals surface area contributed by atoms with E-state index >= 15 is 0 Å². The molecule has 0 heterocycles. The van der Waals surface area contributed by atoms with Crippen LogP contribution in [0.4, 0.5) is 5.69 Å². The molecule has 0 fully saturated rings. The highest BCUT2D eigenvalue weighted by atomic mass is 32.2. The van der Waals surface area contributed by atoms with Gasteiger partial charge in [-0.2, -0.15) is 4.72 Å². The summed E-state index contributed by atoms with van der Waals surface area (Å²) < 4.78 is 27.4. The third kappa shape index (κ3) is 3.95. The van der Waals surface area contributed by atoms with Crippen molar-refractivity contribution < 1.29 is 13.2 Å². The number of anilines is 1. The number of benzene rings is 1. The average Bonchev–Trinajstić information content (AvgIpc) is 2.34. The molecule has 118 valence electrons. The Balaban J connectivity index is 3.11. The van der Waals surface area contributed by atoms with Crippen molar-refractivity contribution in [2.24, 2.45) is 0 Å². The molecule has 0 aliphatic heterocycles. The lowest BCUT2D eigenvalue weighted by Gasteiger charge is -2.21. The van der Waals surface area contributed by atoms with Crippen LogP contribution in [0.3, 0.4) is 0 Å². The fourth-order valence-electron chi connectivity index (χ4n) is 2.24. The molecule has 0 saturated carbocycles. The smallest absolute Gasteiger partial charge is 0.241 e. The minimum atomic E-state index is -3.78. The highest BCUT2D eigenvalue weighted by Gasteiger charge is 2.26. The SMILES string of the molecule is CCN(C)C(=O)C(C)NS(=O)(=O)c1c(C)cc(N)cc1C. The summed E-state index contributed by atoms with van der Waals surface area (Å²) in [6, 6.07) is 2.38. The number of likely N-dealkylation sites (N-methyl/N-ethyl adjacent to an activating group) is 1. The van der Waals surface area contributed by atoms with E-state index in [0.29, 0.717) is 23.4 Å². The van der Waals surface area contributed by atoms with Gasteiger partial charge < -0.3 is 10.6 Å². The second-order valence-electron chi connectivity index (χ2n) is 5.18. The summed E-state index contributed by atoms with van der Waals surface area (Å²) in [5.41, 5.74) is 7.33. The summed E-state index contributed by atoms with van der Waals surface area (Å²) >= 11 is 0. The van der Waals surface area contributed by atoms with Crippen LogP contribution in [-0.2, 0) is 14.8 Å². The van der Waals surface area contributed by atoms with Crippen LogP contribution < -0.4 is 10.5 Å². The Morgan fingerprint density at radius 3 is 2.24 bits per heavy atom. The summed E-state index contributed by atoms with van der Waals surface area (Å²) in [6.07, 6.45) is 0. The topological polar surface area (TPSA) is 92.5 Å². The third-order valence-corrected chi connectivity index (χ3v) is 5.15. The maximum atomic E-state index is 12.5. The van der Waals surface area contributed by atoms with Crippen LogP contribution in [0.15, 0.2) is 17.0 Å². The molecule has 0 aromatic heterocycles. The first-order chi connectivity index (χ1) is 9.60. The number of nitrogen functional groups attached to an aromatic ring is 1. The molecule has 0 spiro atoms. The number of carbonyl (C=O) groups excluding carboxylic acids is 1. The Bertz CT molecular complexity index is 618. The Hall–Kier alpha value is -1.60. The van der Waals surface area contributed by atoms with Gasteiger partial charge in [0.25, 0.3) is 0 Å². The Morgan fingerprint density at radius 1 is 1.33 bits per heavy atom. The van der Waals surface area contributed by atoms with E-state index in [0.717, 1.165) is 0 Å². The highest BCUT2D eigenvalue weighted by Crippen LogP contribution is 2.23. The molecular weight excluding hydrogens is 290 g/mol. The molecule has 3 N–H and O–H groups in total. The van der Waals surface area contributed by atoms with Crippen LogP contribution in [-0.4, -0.2) is 38.9 Å². The van der Waals surface area contributed by atoms with Gasteiger partial charge in [0.2, 0.25) is 15.9 Å². The quantitative estimate of drug-likeness (QED) is 0.794. The molecule has 6 nitrogen and oxygen atoms in total. The predicted molar refractivity (Wildman–Crippen MR) is 83.4 cm³/mol. The number of aryl methyl sites for hydroxylation is 2. The molecule has 1 aromatic rings. The third-order valence-electron chi connectivity index (χ3n) is 3.30. The van der Waals surface area contributed by atoms with Gasteiger partial charge >= 0.3 is 0 Å². The molecular formula is C14H23N3O3S. The van der Waals surface area contributed by atoms with E-state index in [1.54, 1.807) is 33.0 Å². The Morgan fingerprint density at radius 2 is 1.81 bits per heavy atom. The number of nitrogens with zero attached hydrogens (tertiary/aromatic N) is 1. The number of hydrogen-bond acceptors (Lipinski definition) is 4. The van der Waals surface area contributed by atoms with Crippen LogP contribution in [0.1, 0.15) is 25.0 Å². The van der Waals surface area contributed by atoms with Crippen molar-refractivity contribution in [1.29, 1.82) is 0 Å². The second kappa shape index (κ2) is 6.44. The molecule has 1 atom stereocenters. The zero-order valence-corrected chi connectivity index (χ0v) is 13.9. The number of amides is 1. The van der Waals surface area contributed by atoms with Gasteiger partial charge in [-0.05, 0) is 51.0 Å². The van der Waals surface area contributed by atoms with Gasteiger partial charge in [-0.15, -0.1) is 0 Å². The number of sulfonamides is 1. The zero-order valence-electron chi connectivity index (χ0n) is 13.1. The van der Waals surface area contributed by atoms with Crippen molar-refractivity contribution in [3.8, 4) is 0 Å². The van der Waals surface area contributed by atoms with Crippen LogP contribution in [0, 0.1) is 13.8 Å². The summed E-state index contributed by atoms with van der Waals surface area (Å²) in [6.45, 7) is 7.25. The summed E-state index contributed by atoms with van der Waals surface area (Å²) in [5.74, 6) is -0.271. The van der Waals surface area contributed by atoms with Gasteiger partial charge in [-0.25, -0.2) is 8.42 Å². The van der Waals surface area contributed by atoms with Gasteiger partial charge in [0.15, 0.2) is 0 Å². The van der Waals surface area contributed by atoms with Crippen LogP contribution in [0.5, 0.6) is 0 Å². The lowest BCUT2D eigenvalue weighted by atomic mass is 10.1. The zero-order chi connectivity index (χ0) is 16.4. The summed E-state index contributed by atoms with van der Waals surface area (Å²) in [4.78, 5) is 13.6. The summed E-state index contributed by atoms with van der Waals surface area (Å²) in [5, 5.41) is 0. The second-order valence-corrected chi connectivity index (χ2v) is 6.83. The Kier molecular flexibility index (Phi) is 5.36. The predicted octanol–water partition coefficient (Wildman–Crippen LogP) is 1.03.